The highest BCUT2D eigenvalue weighted by atomic mass is 16.6. The van der Waals surface area contributed by atoms with E-state index in [2.05, 4.69) is 0 Å². The van der Waals surface area contributed by atoms with Crippen LogP contribution >= 0.6 is 0 Å². The summed E-state index contributed by atoms with van der Waals surface area (Å²) < 4.78 is 21.0. The molecule has 0 spiro atoms. The Hall–Kier alpha value is -1.95. The van der Waals surface area contributed by atoms with Gasteiger partial charge in [0.15, 0.2) is 11.5 Å². The Labute approximate surface area is 137 Å². The van der Waals surface area contributed by atoms with Gasteiger partial charge in [-0.1, -0.05) is 0 Å². The van der Waals surface area contributed by atoms with Crippen LogP contribution in [0.5, 0.6) is 17.2 Å². The summed E-state index contributed by atoms with van der Waals surface area (Å²) in [7, 11) is 4.53. The third-order valence-electron chi connectivity index (χ3n) is 3.11. The summed E-state index contributed by atoms with van der Waals surface area (Å²) in [5, 5.41) is 10.3. The highest BCUT2D eigenvalue weighted by molar-refractivity contribution is 5.69. The number of ether oxygens (including phenoxy) is 4. The van der Waals surface area contributed by atoms with Crippen LogP contribution in [0.3, 0.4) is 0 Å². The molecule has 1 aromatic carbocycles. The maximum Gasteiger partial charge on any atom is 0.306 e. The van der Waals surface area contributed by atoms with Crippen molar-refractivity contribution in [2.45, 2.75) is 45.3 Å². The Morgan fingerprint density at radius 3 is 2.00 bits per heavy atom. The molecule has 1 N–H and O–H groups in total. The van der Waals surface area contributed by atoms with Crippen LogP contribution in [0.4, 0.5) is 0 Å². The first-order valence-electron chi connectivity index (χ1n) is 7.41. The maximum absolute atomic E-state index is 11.7. The molecule has 0 radical (unpaired) electrons. The van der Waals surface area contributed by atoms with E-state index in [9.17, 15) is 9.90 Å². The molecule has 23 heavy (non-hydrogen) atoms. The van der Waals surface area contributed by atoms with Crippen LogP contribution in [0.1, 0.15) is 45.3 Å². The van der Waals surface area contributed by atoms with Gasteiger partial charge in [-0.3, -0.25) is 4.79 Å². The summed E-state index contributed by atoms with van der Waals surface area (Å²) in [6.45, 7) is 5.42. The fraction of sp³-hybridized carbons (Fsp3) is 0.588. The lowest BCUT2D eigenvalue weighted by Crippen LogP contribution is -2.24. The van der Waals surface area contributed by atoms with E-state index < -0.39 is 11.7 Å². The van der Waals surface area contributed by atoms with Gasteiger partial charge in [-0.15, -0.1) is 0 Å². The Kier molecular flexibility index (Phi) is 6.69. The molecule has 0 saturated carbocycles. The highest BCUT2D eigenvalue weighted by Crippen LogP contribution is 2.40. The Balaban J connectivity index is 2.84. The summed E-state index contributed by atoms with van der Waals surface area (Å²) in [4.78, 5) is 11.7. The van der Waals surface area contributed by atoms with E-state index in [4.69, 9.17) is 18.9 Å². The molecule has 1 atom stereocenters. The number of methoxy groups -OCH3 is 3. The number of aliphatic hydroxyl groups excluding tert-OH is 1. The molecule has 0 saturated heterocycles. The van der Waals surface area contributed by atoms with Crippen molar-refractivity contribution in [1.29, 1.82) is 0 Å². The Morgan fingerprint density at radius 2 is 1.61 bits per heavy atom. The largest absolute Gasteiger partial charge is 0.493 e. The van der Waals surface area contributed by atoms with Crippen LogP contribution in [0, 0.1) is 0 Å². The van der Waals surface area contributed by atoms with Crippen molar-refractivity contribution in [2.24, 2.45) is 0 Å². The zero-order chi connectivity index (χ0) is 17.6. The molecule has 130 valence electrons. The molecule has 6 nitrogen and oxygen atoms in total. The lowest BCUT2D eigenvalue weighted by atomic mass is 10.0. The van der Waals surface area contributed by atoms with Gasteiger partial charge in [-0.05, 0) is 44.9 Å². The second-order valence-corrected chi connectivity index (χ2v) is 6.10. The fourth-order valence-corrected chi connectivity index (χ4v) is 2.11. The third kappa shape index (κ3) is 5.63. The van der Waals surface area contributed by atoms with Gasteiger partial charge in [-0.2, -0.15) is 0 Å². The van der Waals surface area contributed by atoms with E-state index >= 15 is 0 Å². The molecule has 1 rings (SSSR count). The monoisotopic (exact) mass is 326 g/mol. The Morgan fingerprint density at radius 1 is 1.09 bits per heavy atom. The quantitative estimate of drug-likeness (QED) is 0.777. The van der Waals surface area contributed by atoms with E-state index in [0.29, 0.717) is 22.8 Å². The molecular formula is C17H26O6. The van der Waals surface area contributed by atoms with E-state index in [1.54, 1.807) is 32.9 Å². The van der Waals surface area contributed by atoms with Crippen LogP contribution < -0.4 is 14.2 Å². The van der Waals surface area contributed by atoms with Gasteiger partial charge in [0.25, 0.3) is 0 Å². The van der Waals surface area contributed by atoms with Crippen molar-refractivity contribution >= 4 is 5.97 Å². The van der Waals surface area contributed by atoms with Gasteiger partial charge in [0.05, 0.1) is 27.4 Å². The number of esters is 1. The minimum absolute atomic E-state index is 0.120. The van der Waals surface area contributed by atoms with Gasteiger partial charge in [-0.25, -0.2) is 0 Å². The molecular weight excluding hydrogens is 300 g/mol. The van der Waals surface area contributed by atoms with Crippen LogP contribution in [0.15, 0.2) is 12.1 Å². The molecule has 0 aliphatic carbocycles. The first-order valence-corrected chi connectivity index (χ1v) is 7.41. The zero-order valence-corrected chi connectivity index (χ0v) is 14.6. The smallest absolute Gasteiger partial charge is 0.306 e. The average Bonchev–Trinajstić information content (AvgIpc) is 2.49. The van der Waals surface area contributed by atoms with Crippen LogP contribution in [-0.2, 0) is 9.53 Å². The van der Waals surface area contributed by atoms with E-state index in [1.165, 1.54) is 21.3 Å². The van der Waals surface area contributed by atoms with Gasteiger partial charge in [0.2, 0.25) is 5.75 Å². The predicted molar refractivity (Wildman–Crippen MR) is 86.1 cm³/mol. The van der Waals surface area contributed by atoms with Crippen molar-refractivity contribution in [3.8, 4) is 17.2 Å². The number of aliphatic hydroxyl groups is 1. The van der Waals surface area contributed by atoms with Crippen LogP contribution in [0.25, 0.3) is 0 Å². The maximum atomic E-state index is 11.7. The lowest BCUT2D eigenvalue weighted by Gasteiger charge is -2.20. The van der Waals surface area contributed by atoms with Gasteiger partial charge < -0.3 is 24.1 Å². The minimum Gasteiger partial charge on any atom is -0.493 e. The van der Waals surface area contributed by atoms with Crippen LogP contribution in [0.2, 0.25) is 0 Å². The van der Waals surface area contributed by atoms with Gasteiger partial charge in [0.1, 0.15) is 5.60 Å². The minimum atomic E-state index is -0.837. The van der Waals surface area contributed by atoms with Crippen molar-refractivity contribution < 1.29 is 28.8 Å². The SMILES string of the molecule is COc1cc(C(O)CCC(=O)OC(C)(C)C)cc(OC)c1OC. The first kappa shape index (κ1) is 19.1. The molecule has 1 aromatic rings. The van der Waals surface area contributed by atoms with E-state index in [0.717, 1.165) is 0 Å². The van der Waals surface area contributed by atoms with Crippen molar-refractivity contribution in [3.63, 3.8) is 0 Å². The molecule has 0 aliphatic heterocycles. The number of rotatable bonds is 7. The summed E-state index contributed by atoms with van der Waals surface area (Å²) in [5.41, 5.74) is 0.0530. The molecule has 0 aromatic heterocycles. The number of hydrogen-bond acceptors (Lipinski definition) is 6. The molecule has 0 amide bonds. The van der Waals surface area contributed by atoms with Gasteiger partial charge in [0, 0.05) is 6.42 Å². The number of hydrogen-bond donors (Lipinski definition) is 1. The highest BCUT2D eigenvalue weighted by Gasteiger charge is 2.20. The summed E-state index contributed by atoms with van der Waals surface area (Å²) in [5.74, 6) is 1.03. The van der Waals surface area contributed by atoms with E-state index in [1.807, 2.05) is 0 Å². The molecule has 0 aliphatic rings. The predicted octanol–water partition coefficient (Wildman–Crippen LogP) is 2.87. The lowest BCUT2D eigenvalue weighted by molar-refractivity contribution is -0.155. The number of carbonyl (C=O) groups is 1. The second kappa shape index (κ2) is 8.06. The Bertz CT molecular complexity index is 507. The molecule has 6 heteroatoms. The molecule has 1 unspecified atom stereocenters. The molecule has 0 bridgehead atoms. The van der Waals surface area contributed by atoms with Gasteiger partial charge >= 0.3 is 5.97 Å². The topological polar surface area (TPSA) is 74.2 Å². The first-order chi connectivity index (χ1) is 10.7. The van der Waals surface area contributed by atoms with Crippen molar-refractivity contribution in [1.82, 2.24) is 0 Å². The number of benzene rings is 1. The third-order valence-corrected chi connectivity index (χ3v) is 3.11. The van der Waals surface area contributed by atoms with Crippen molar-refractivity contribution in [3.05, 3.63) is 17.7 Å². The fourth-order valence-electron chi connectivity index (χ4n) is 2.11. The standard InChI is InChI=1S/C17H26O6/c1-17(2,3)23-15(19)8-7-12(18)11-9-13(20-4)16(22-6)14(10-11)21-5/h9-10,12,18H,7-8H2,1-6H3. The van der Waals surface area contributed by atoms with Crippen molar-refractivity contribution in [2.75, 3.05) is 21.3 Å². The summed E-state index contributed by atoms with van der Waals surface area (Å²) in [6, 6.07) is 3.34. The second-order valence-electron chi connectivity index (χ2n) is 6.10. The average molecular weight is 326 g/mol. The molecule has 0 heterocycles. The number of carbonyl (C=O) groups excluding carboxylic acids is 1. The normalized spacial score (nSPS) is 12.5. The van der Waals surface area contributed by atoms with Crippen LogP contribution in [-0.4, -0.2) is 38.0 Å². The summed E-state index contributed by atoms with van der Waals surface area (Å²) >= 11 is 0. The zero-order valence-electron chi connectivity index (χ0n) is 14.6. The van der Waals surface area contributed by atoms with E-state index in [-0.39, 0.29) is 18.8 Å². The summed E-state index contributed by atoms with van der Waals surface area (Å²) in [6.07, 6.45) is -0.473. The molecule has 0 fully saturated rings.